The number of aliphatic hydroxyl groups is 1. The first kappa shape index (κ1) is 32.7. The molecule has 0 saturated carbocycles. The van der Waals surface area contributed by atoms with Crippen molar-refractivity contribution in [3.63, 3.8) is 0 Å². The summed E-state index contributed by atoms with van der Waals surface area (Å²) in [6.45, 7) is 4.55. The van der Waals surface area contributed by atoms with Crippen LogP contribution in [0.4, 0.5) is 5.69 Å². The average molecular weight is 661 g/mol. The number of methoxy groups -OCH3 is 2. The molecule has 4 atom stereocenters. The summed E-state index contributed by atoms with van der Waals surface area (Å²) in [7, 11) is 3.33. The van der Waals surface area contributed by atoms with E-state index in [1.165, 1.54) is 17.3 Å². The summed E-state index contributed by atoms with van der Waals surface area (Å²) < 4.78 is 24.5. The summed E-state index contributed by atoms with van der Waals surface area (Å²) in [4.78, 5) is 24.3. The smallest absolute Gasteiger partial charge is 0.275 e. The molecule has 7 rings (SSSR count). The predicted octanol–water partition coefficient (Wildman–Crippen LogP) is 6.24. The number of nitrogens with one attached hydrogen (secondary N) is 1. The first-order chi connectivity index (χ1) is 23.9. The van der Waals surface area contributed by atoms with E-state index in [-0.39, 0.29) is 36.3 Å². The van der Waals surface area contributed by atoms with Gasteiger partial charge >= 0.3 is 0 Å². The van der Waals surface area contributed by atoms with Crippen molar-refractivity contribution in [2.24, 2.45) is 5.92 Å². The van der Waals surface area contributed by atoms with E-state index in [0.717, 1.165) is 59.8 Å². The van der Waals surface area contributed by atoms with Crippen molar-refractivity contribution in [3.05, 3.63) is 125 Å². The fourth-order valence-corrected chi connectivity index (χ4v) is 6.67. The highest BCUT2D eigenvalue weighted by Crippen LogP contribution is 2.42. The number of ether oxygens (including phenoxy) is 4. The van der Waals surface area contributed by atoms with Crippen LogP contribution in [0.2, 0.25) is 0 Å². The second kappa shape index (κ2) is 14.3. The van der Waals surface area contributed by atoms with Gasteiger partial charge < -0.3 is 29.4 Å². The molecule has 2 aliphatic heterocycles. The summed E-state index contributed by atoms with van der Waals surface area (Å²) in [6, 6.07) is 27.1. The zero-order valence-corrected chi connectivity index (χ0v) is 27.8. The monoisotopic (exact) mass is 660 g/mol. The van der Waals surface area contributed by atoms with Gasteiger partial charge in [-0.3, -0.25) is 14.7 Å². The van der Waals surface area contributed by atoms with Crippen LogP contribution >= 0.6 is 0 Å². The Labute approximate surface area is 285 Å². The number of hydrogen-bond acceptors (Lipinski definition) is 9. The Morgan fingerprint density at radius 1 is 0.918 bits per heavy atom. The van der Waals surface area contributed by atoms with Crippen LogP contribution in [0.15, 0.2) is 91.1 Å². The number of nitrogens with zero attached hydrogens (tertiary/aromatic N) is 3. The molecule has 4 aromatic carbocycles. The number of anilines is 1. The lowest BCUT2D eigenvalue weighted by molar-refractivity contribution is -0.276. The maximum Gasteiger partial charge on any atom is 0.275 e. The normalized spacial score (nSPS) is 20.8. The fourth-order valence-electron chi connectivity index (χ4n) is 6.67. The van der Waals surface area contributed by atoms with Crippen LogP contribution in [0.1, 0.15) is 57.6 Å². The molecular weight excluding hydrogens is 620 g/mol. The van der Waals surface area contributed by atoms with E-state index >= 15 is 0 Å². The fraction of sp³-hybridized carbons (Fsp3) is 0.308. The van der Waals surface area contributed by atoms with Gasteiger partial charge in [-0.2, -0.15) is 0 Å². The molecule has 252 valence electrons. The van der Waals surface area contributed by atoms with Gasteiger partial charge in [0.1, 0.15) is 5.69 Å². The number of aliphatic hydroxyl groups excluding tert-OH is 1. The van der Waals surface area contributed by atoms with Gasteiger partial charge in [0.2, 0.25) is 0 Å². The van der Waals surface area contributed by atoms with Gasteiger partial charge in [0.25, 0.3) is 5.91 Å². The van der Waals surface area contributed by atoms with E-state index in [0.29, 0.717) is 11.2 Å². The SMILES string of the molecule is COc1cc2c(cc1OC)CN(C[C@H]1O[C@@H](c3ccc(NC(=O)c4cnc5ccccc5n4)cc3)O[C@@H](c3ccc(CO)cc3)[C@H]1C)CC2. The van der Waals surface area contributed by atoms with Gasteiger partial charge in [-0.25, -0.2) is 4.98 Å². The van der Waals surface area contributed by atoms with Crippen molar-refractivity contribution >= 4 is 22.6 Å². The lowest BCUT2D eigenvalue weighted by Crippen LogP contribution is -2.45. The molecule has 0 aliphatic carbocycles. The Hall–Kier alpha value is -4.87. The third-order valence-electron chi connectivity index (χ3n) is 9.48. The van der Waals surface area contributed by atoms with E-state index < -0.39 is 6.29 Å². The summed E-state index contributed by atoms with van der Waals surface area (Å²) in [5, 5.41) is 12.5. The van der Waals surface area contributed by atoms with Crippen LogP contribution in [0.3, 0.4) is 0 Å². The molecule has 1 fully saturated rings. The molecule has 1 aromatic heterocycles. The van der Waals surface area contributed by atoms with Crippen molar-refractivity contribution in [2.45, 2.75) is 45.0 Å². The number of para-hydroxylation sites is 2. The van der Waals surface area contributed by atoms with Crippen molar-refractivity contribution in [2.75, 3.05) is 32.6 Å². The van der Waals surface area contributed by atoms with E-state index in [1.807, 2.05) is 72.8 Å². The molecule has 0 bridgehead atoms. The Kier molecular flexibility index (Phi) is 9.54. The highest BCUT2D eigenvalue weighted by atomic mass is 16.7. The third kappa shape index (κ3) is 7.00. The van der Waals surface area contributed by atoms with Crippen LogP contribution in [-0.2, 0) is 29.0 Å². The van der Waals surface area contributed by atoms with Crippen molar-refractivity contribution in [1.29, 1.82) is 0 Å². The highest BCUT2D eigenvalue weighted by Gasteiger charge is 2.39. The third-order valence-corrected chi connectivity index (χ3v) is 9.48. The number of carbonyl (C=O) groups excluding carboxylic acids is 1. The molecular formula is C39H40N4O6. The van der Waals surface area contributed by atoms with Gasteiger partial charge in [0.05, 0.1) is 50.3 Å². The molecule has 5 aromatic rings. The minimum Gasteiger partial charge on any atom is -0.493 e. The van der Waals surface area contributed by atoms with E-state index in [9.17, 15) is 9.90 Å². The standard InChI is InChI=1S/C39H40N4O6/c1-24-36(22-43-17-16-28-18-34(46-2)35(47-3)19-29(28)21-43)48-39(49-37(24)26-10-8-25(23-44)9-11-26)27-12-14-30(15-13-27)41-38(45)33-20-40-31-6-4-5-7-32(31)42-33/h4-15,18-20,24,36-37,39,44H,16-17,21-23H2,1-3H3,(H,41,45)/t24-,36+,37+,39+/m0/s1. The Bertz CT molecular complexity index is 1930. The van der Waals surface area contributed by atoms with E-state index in [1.54, 1.807) is 14.2 Å². The van der Waals surface area contributed by atoms with Gasteiger partial charge in [-0.1, -0.05) is 55.5 Å². The second-order valence-corrected chi connectivity index (χ2v) is 12.6. The molecule has 10 nitrogen and oxygen atoms in total. The topological polar surface area (TPSA) is 115 Å². The quantitative estimate of drug-likeness (QED) is 0.190. The van der Waals surface area contributed by atoms with Crippen molar-refractivity contribution < 1.29 is 28.8 Å². The van der Waals surface area contributed by atoms with Gasteiger partial charge in [-0.15, -0.1) is 0 Å². The number of benzene rings is 4. The Balaban J connectivity index is 1.09. The minimum atomic E-state index is -0.624. The van der Waals surface area contributed by atoms with Gasteiger partial charge in [0.15, 0.2) is 17.8 Å². The average Bonchev–Trinajstić information content (AvgIpc) is 3.15. The molecule has 3 heterocycles. The summed E-state index contributed by atoms with van der Waals surface area (Å²) in [5.74, 6) is 1.19. The number of rotatable bonds is 9. The van der Waals surface area contributed by atoms with E-state index in [4.69, 9.17) is 18.9 Å². The molecule has 0 unspecified atom stereocenters. The number of carbonyl (C=O) groups is 1. The summed E-state index contributed by atoms with van der Waals surface area (Å²) >= 11 is 0. The molecule has 0 spiro atoms. The molecule has 49 heavy (non-hydrogen) atoms. The number of hydrogen-bond donors (Lipinski definition) is 2. The summed E-state index contributed by atoms with van der Waals surface area (Å²) in [6.07, 6.45) is 1.40. The first-order valence-corrected chi connectivity index (χ1v) is 16.5. The van der Waals surface area contributed by atoms with Crippen molar-refractivity contribution in [1.82, 2.24) is 14.9 Å². The van der Waals surface area contributed by atoms with Crippen molar-refractivity contribution in [3.8, 4) is 11.5 Å². The lowest BCUT2D eigenvalue weighted by Gasteiger charge is -2.43. The maximum atomic E-state index is 13.0. The number of fused-ring (bicyclic) bond motifs is 2. The largest absolute Gasteiger partial charge is 0.493 e. The van der Waals surface area contributed by atoms with Gasteiger partial charge in [-0.05, 0) is 65.1 Å². The maximum absolute atomic E-state index is 13.0. The van der Waals surface area contributed by atoms with Gasteiger partial charge in [0, 0.05) is 36.8 Å². The molecule has 1 amide bonds. The second-order valence-electron chi connectivity index (χ2n) is 12.6. The Morgan fingerprint density at radius 2 is 1.61 bits per heavy atom. The van der Waals surface area contributed by atoms with Crippen LogP contribution in [0.25, 0.3) is 11.0 Å². The predicted molar refractivity (Wildman–Crippen MR) is 185 cm³/mol. The lowest BCUT2D eigenvalue weighted by atomic mass is 9.89. The first-order valence-electron chi connectivity index (χ1n) is 16.5. The van der Waals surface area contributed by atoms with Crippen LogP contribution in [0.5, 0.6) is 11.5 Å². The molecule has 1 saturated heterocycles. The molecule has 10 heteroatoms. The summed E-state index contributed by atoms with van der Waals surface area (Å²) in [5.41, 5.74) is 7.49. The zero-order chi connectivity index (χ0) is 33.9. The zero-order valence-electron chi connectivity index (χ0n) is 27.8. The Morgan fingerprint density at radius 3 is 2.33 bits per heavy atom. The molecule has 0 radical (unpaired) electrons. The molecule has 2 aliphatic rings. The highest BCUT2D eigenvalue weighted by molar-refractivity contribution is 6.03. The van der Waals surface area contributed by atoms with Crippen LogP contribution in [-0.4, -0.2) is 59.3 Å². The van der Waals surface area contributed by atoms with E-state index in [2.05, 4.69) is 39.2 Å². The number of amides is 1. The molecule has 2 N–H and O–H groups in total. The minimum absolute atomic E-state index is 0.0147. The number of aromatic nitrogens is 2. The van der Waals surface area contributed by atoms with Crippen LogP contribution in [0, 0.1) is 5.92 Å². The van der Waals surface area contributed by atoms with Crippen LogP contribution < -0.4 is 14.8 Å².